The molecule has 2 rings (SSSR count). The second-order valence-electron chi connectivity index (χ2n) is 7.31. The Morgan fingerprint density at radius 2 is 1.30 bits per heavy atom. The van der Waals surface area contributed by atoms with E-state index < -0.39 is 41.3 Å². The Hall–Kier alpha value is -1.64. The molecule has 0 aliphatic rings. The van der Waals surface area contributed by atoms with Crippen LogP contribution >= 0.6 is 0 Å². The smallest absolute Gasteiger partial charge is 0.242 e. The normalized spacial score (nSPS) is 16.5. The summed E-state index contributed by atoms with van der Waals surface area (Å²) in [6.45, 7) is 5.91. The largest absolute Gasteiger partial charge is 0.372 e. The summed E-state index contributed by atoms with van der Waals surface area (Å²) < 4.78 is 71.0. The zero-order chi connectivity index (χ0) is 20.5. The van der Waals surface area contributed by atoms with E-state index in [1.54, 1.807) is 32.9 Å². The average Bonchev–Trinajstić information content (AvgIpc) is 2.62. The molecule has 148 valence electrons. The first kappa shape index (κ1) is 21.7. The van der Waals surface area contributed by atoms with E-state index in [2.05, 4.69) is 4.72 Å². The van der Waals surface area contributed by atoms with Gasteiger partial charge >= 0.3 is 5.25 Å². The molecular formula is C19H23F2NO3S2. The van der Waals surface area contributed by atoms with Crippen LogP contribution in [-0.4, -0.2) is 22.6 Å². The molecule has 0 amide bonds. The Bertz CT molecular complexity index is 911. The summed E-state index contributed by atoms with van der Waals surface area (Å²) in [5.74, 6) is 0. The molecule has 8 heteroatoms. The molecule has 0 saturated carbocycles. The van der Waals surface area contributed by atoms with E-state index in [1.807, 2.05) is 0 Å². The highest BCUT2D eigenvalue weighted by Crippen LogP contribution is 2.45. The summed E-state index contributed by atoms with van der Waals surface area (Å²) in [5, 5.41) is -4.27. The number of halogens is 2. The first-order chi connectivity index (χ1) is 12.3. The van der Waals surface area contributed by atoms with Gasteiger partial charge in [-0.3, -0.25) is 0 Å². The first-order valence-electron chi connectivity index (χ1n) is 8.27. The van der Waals surface area contributed by atoms with Gasteiger partial charge in [0.1, 0.15) is 5.54 Å². The van der Waals surface area contributed by atoms with Gasteiger partial charge in [0.25, 0.3) is 0 Å². The van der Waals surface area contributed by atoms with Crippen molar-refractivity contribution in [3.8, 4) is 0 Å². The van der Waals surface area contributed by atoms with Crippen molar-refractivity contribution in [2.24, 2.45) is 0 Å². The van der Waals surface area contributed by atoms with Crippen molar-refractivity contribution < 1.29 is 21.4 Å². The summed E-state index contributed by atoms with van der Waals surface area (Å²) in [5.41, 5.74) is -2.40. The Labute approximate surface area is 161 Å². The van der Waals surface area contributed by atoms with E-state index in [-0.39, 0.29) is 5.56 Å². The second kappa shape index (κ2) is 7.41. The maximum absolute atomic E-state index is 15.6. The fraction of sp³-hybridized carbons (Fsp3) is 0.368. The van der Waals surface area contributed by atoms with Crippen molar-refractivity contribution in [3.63, 3.8) is 0 Å². The third kappa shape index (κ3) is 3.97. The summed E-state index contributed by atoms with van der Waals surface area (Å²) in [4.78, 5) is -0.500. The van der Waals surface area contributed by atoms with Crippen molar-refractivity contribution in [2.45, 2.75) is 48.1 Å². The topological polar surface area (TPSA) is 63.2 Å². The number of nitrogens with one attached hydrogen (secondary N) is 1. The van der Waals surface area contributed by atoms with Gasteiger partial charge in [-0.05, 0) is 45.4 Å². The number of alkyl halides is 2. The van der Waals surface area contributed by atoms with Crippen molar-refractivity contribution in [1.29, 1.82) is 0 Å². The molecule has 0 spiro atoms. The van der Waals surface area contributed by atoms with Crippen molar-refractivity contribution in [2.75, 3.05) is 0 Å². The minimum absolute atomic E-state index is 0.0205. The van der Waals surface area contributed by atoms with E-state index in [0.29, 0.717) is 0 Å². The van der Waals surface area contributed by atoms with Gasteiger partial charge < -0.3 is 0 Å². The molecule has 2 atom stereocenters. The number of sulfone groups is 1. The Kier molecular flexibility index (Phi) is 5.94. The summed E-state index contributed by atoms with van der Waals surface area (Å²) >= 11 is 0. The molecule has 0 unspecified atom stereocenters. The molecule has 0 saturated heterocycles. The maximum Gasteiger partial charge on any atom is 0.372 e. The highest BCUT2D eigenvalue weighted by molar-refractivity contribution is 7.92. The van der Waals surface area contributed by atoms with Crippen LogP contribution in [0.2, 0.25) is 0 Å². The van der Waals surface area contributed by atoms with Crippen molar-refractivity contribution in [1.82, 2.24) is 4.72 Å². The molecule has 27 heavy (non-hydrogen) atoms. The lowest BCUT2D eigenvalue weighted by molar-refractivity contribution is 0.00385. The monoisotopic (exact) mass is 415 g/mol. The lowest BCUT2D eigenvalue weighted by Gasteiger charge is -2.39. The van der Waals surface area contributed by atoms with Crippen LogP contribution in [0.4, 0.5) is 8.78 Å². The molecule has 2 aromatic rings. The van der Waals surface area contributed by atoms with E-state index in [4.69, 9.17) is 0 Å². The van der Waals surface area contributed by atoms with Gasteiger partial charge in [0.05, 0.1) is 20.6 Å². The van der Waals surface area contributed by atoms with Crippen LogP contribution in [0.3, 0.4) is 0 Å². The van der Waals surface area contributed by atoms with Crippen LogP contribution in [0.25, 0.3) is 0 Å². The lowest BCUT2D eigenvalue weighted by atomic mass is 9.93. The Morgan fingerprint density at radius 3 is 1.74 bits per heavy atom. The average molecular weight is 416 g/mol. The first-order valence-corrected chi connectivity index (χ1v) is 10.9. The zero-order valence-electron chi connectivity index (χ0n) is 15.6. The van der Waals surface area contributed by atoms with Gasteiger partial charge in [-0.1, -0.05) is 48.5 Å². The molecule has 0 bridgehead atoms. The highest BCUT2D eigenvalue weighted by Gasteiger charge is 2.62. The minimum Gasteiger partial charge on any atom is -0.242 e. The van der Waals surface area contributed by atoms with Gasteiger partial charge in [0.2, 0.25) is 9.84 Å². The third-order valence-electron chi connectivity index (χ3n) is 4.18. The number of hydrogen-bond donors (Lipinski definition) is 1. The molecule has 0 fully saturated rings. The summed E-state index contributed by atoms with van der Waals surface area (Å²) in [7, 11) is -7.01. The molecule has 1 N–H and O–H groups in total. The van der Waals surface area contributed by atoms with Crippen molar-refractivity contribution >= 4 is 20.8 Å². The minimum atomic E-state index is -5.07. The predicted octanol–water partition coefficient (Wildman–Crippen LogP) is 4.02. The van der Waals surface area contributed by atoms with E-state index >= 15 is 8.78 Å². The van der Waals surface area contributed by atoms with Crippen LogP contribution < -0.4 is 4.72 Å². The van der Waals surface area contributed by atoms with E-state index in [9.17, 15) is 12.6 Å². The molecule has 0 aromatic heterocycles. The quantitative estimate of drug-likeness (QED) is 0.775. The molecule has 0 aliphatic carbocycles. The fourth-order valence-electron chi connectivity index (χ4n) is 2.41. The standard InChI is InChI=1S/C19H23F2NO3S2/c1-17(2,3)26(23)22-18(4,15-11-7-5-8-12-15)19(20,21)27(24,25)16-13-9-6-10-14-16/h5-14,22H,1-4H3/t18-,26+/m0/s1. The van der Waals surface area contributed by atoms with Gasteiger partial charge in [0.15, 0.2) is 0 Å². The van der Waals surface area contributed by atoms with Crippen LogP contribution in [0.5, 0.6) is 0 Å². The van der Waals surface area contributed by atoms with Crippen LogP contribution in [-0.2, 0) is 26.4 Å². The van der Waals surface area contributed by atoms with E-state index in [1.165, 1.54) is 36.4 Å². The highest BCUT2D eigenvalue weighted by atomic mass is 32.2. The SMILES string of the molecule is CC(C)(C)[S@@](=O)N[C@@](C)(c1ccccc1)C(F)(F)S(=O)(=O)c1ccccc1. The second-order valence-corrected chi connectivity index (χ2v) is 11.3. The van der Waals surface area contributed by atoms with Crippen molar-refractivity contribution in [3.05, 3.63) is 66.2 Å². The number of hydrogen-bond acceptors (Lipinski definition) is 3. The third-order valence-corrected chi connectivity index (χ3v) is 7.86. The molecule has 0 radical (unpaired) electrons. The van der Waals surface area contributed by atoms with Gasteiger partial charge in [-0.15, -0.1) is 0 Å². The molecule has 2 aromatic carbocycles. The number of rotatable bonds is 6. The van der Waals surface area contributed by atoms with Gasteiger partial charge in [-0.2, -0.15) is 8.78 Å². The van der Waals surface area contributed by atoms with Crippen LogP contribution in [0, 0.1) is 0 Å². The number of benzene rings is 2. The van der Waals surface area contributed by atoms with E-state index in [0.717, 1.165) is 19.1 Å². The molecule has 0 heterocycles. The van der Waals surface area contributed by atoms with Gasteiger partial charge in [0, 0.05) is 0 Å². The Morgan fingerprint density at radius 1 is 0.852 bits per heavy atom. The lowest BCUT2D eigenvalue weighted by Crippen LogP contribution is -2.59. The molecule has 4 nitrogen and oxygen atoms in total. The summed E-state index contributed by atoms with van der Waals surface area (Å²) in [6, 6.07) is 14.0. The zero-order valence-corrected chi connectivity index (χ0v) is 17.2. The summed E-state index contributed by atoms with van der Waals surface area (Å²) in [6.07, 6.45) is 0. The maximum atomic E-state index is 15.6. The Balaban J connectivity index is 2.67. The van der Waals surface area contributed by atoms with Crippen LogP contribution in [0.15, 0.2) is 65.6 Å². The predicted molar refractivity (Wildman–Crippen MR) is 103 cm³/mol. The van der Waals surface area contributed by atoms with Crippen LogP contribution in [0.1, 0.15) is 33.3 Å². The fourth-order valence-corrected chi connectivity index (χ4v) is 4.92. The van der Waals surface area contributed by atoms with Gasteiger partial charge in [-0.25, -0.2) is 17.3 Å². The molecule has 0 aliphatic heterocycles. The molecular weight excluding hydrogens is 392 g/mol.